The molecule has 1 aromatic rings. The lowest BCUT2D eigenvalue weighted by molar-refractivity contribution is -0.144. The number of ether oxygens (including phenoxy) is 2. The van der Waals surface area contributed by atoms with Crippen LogP contribution in [0.4, 0.5) is 8.78 Å². The molecule has 0 radical (unpaired) electrons. The van der Waals surface area contributed by atoms with E-state index in [1.807, 2.05) is 0 Å². The molecular formula is C13H15F2NO3. The summed E-state index contributed by atoms with van der Waals surface area (Å²) in [6, 6.07) is 2.65. The zero-order valence-corrected chi connectivity index (χ0v) is 10.5. The fourth-order valence-electron chi connectivity index (χ4n) is 1.63. The Balaban J connectivity index is 1.95. The summed E-state index contributed by atoms with van der Waals surface area (Å²) in [5, 5.41) is 3.05. The van der Waals surface area contributed by atoms with Crippen molar-refractivity contribution < 1.29 is 23.0 Å². The highest BCUT2D eigenvalue weighted by Crippen LogP contribution is 2.21. The van der Waals surface area contributed by atoms with Gasteiger partial charge in [0.2, 0.25) is 0 Å². The molecule has 0 amide bonds. The molecule has 1 unspecified atom stereocenters. The van der Waals surface area contributed by atoms with Gasteiger partial charge in [0.15, 0.2) is 11.6 Å². The van der Waals surface area contributed by atoms with Crippen LogP contribution in [0.5, 0.6) is 5.75 Å². The van der Waals surface area contributed by atoms with Gasteiger partial charge in [0.1, 0.15) is 18.5 Å². The van der Waals surface area contributed by atoms with Gasteiger partial charge in [0.05, 0.1) is 7.11 Å². The molecule has 0 aliphatic heterocycles. The second kappa shape index (κ2) is 5.97. The van der Waals surface area contributed by atoms with Crippen LogP contribution in [-0.2, 0) is 9.53 Å². The van der Waals surface area contributed by atoms with E-state index < -0.39 is 23.6 Å². The molecule has 104 valence electrons. The maximum Gasteiger partial charge on any atom is 0.326 e. The third-order valence-electron chi connectivity index (χ3n) is 2.80. The van der Waals surface area contributed by atoms with Gasteiger partial charge in [0.25, 0.3) is 0 Å². The first-order chi connectivity index (χ1) is 9.10. The van der Waals surface area contributed by atoms with Gasteiger partial charge in [0, 0.05) is 12.1 Å². The quantitative estimate of drug-likeness (QED) is 0.799. The van der Waals surface area contributed by atoms with Crippen LogP contribution in [0.2, 0.25) is 0 Å². The number of benzene rings is 1. The lowest BCUT2D eigenvalue weighted by Crippen LogP contribution is -2.43. The molecule has 4 nitrogen and oxygen atoms in total. The number of methoxy groups -OCH3 is 1. The Labute approximate surface area is 109 Å². The Morgan fingerprint density at radius 3 is 2.79 bits per heavy atom. The Bertz CT molecular complexity index is 463. The number of hydrogen-bond donors (Lipinski definition) is 1. The summed E-state index contributed by atoms with van der Waals surface area (Å²) in [7, 11) is 1.28. The van der Waals surface area contributed by atoms with Crippen LogP contribution in [0.1, 0.15) is 12.8 Å². The van der Waals surface area contributed by atoms with Gasteiger partial charge in [-0.15, -0.1) is 0 Å². The summed E-state index contributed by atoms with van der Waals surface area (Å²) in [4.78, 5) is 11.5. The first kappa shape index (κ1) is 13.7. The van der Waals surface area contributed by atoms with Crippen molar-refractivity contribution in [2.45, 2.75) is 24.9 Å². The van der Waals surface area contributed by atoms with E-state index in [4.69, 9.17) is 4.74 Å². The third kappa shape index (κ3) is 3.89. The monoisotopic (exact) mass is 271 g/mol. The van der Waals surface area contributed by atoms with Crippen LogP contribution in [0.3, 0.4) is 0 Å². The number of nitrogens with one attached hydrogen (secondary N) is 1. The Kier molecular flexibility index (Phi) is 4.31. The minimum Gasteiger partial charge on any atom is -0.488 e. The van der Waals surface area contributed by atoms with Crippen LogP contribution in [0.25, 0.3) is 0 Å². The highest BCUT2D eigenvalue weighted by atomic mass is 19.1. The van der Waals surface area contributed by atoms with Crippen LogP contribution >= 0.6 is 0 Å². The predicted molar refractivity (Wildman–Crippen MR) is 63.8 cm³/mol. The maximum atomic E-state index is 13.4. The first-order valence-corrected chi connectivity index (χ1v) is 6.02. The topological polar surface area (TPSA) is 47.6 Å². The Morgan fingerprint density at radius 1 is 1.47 bits per heavy atom. The molecule has 6 heteroatoms. The number of esters is 1. The van der Waals surface area contributed by atoms with E-state index in [0.717, 1.165) is 25.0 Å². The molecule has 0 heterocycles. The minimum absolute atomic E-state index is 0.0638. The van der Waals surface area contributed by atoms with Crippen molar-refractivity contribution in [2.24, 2.45) is 0 Å². The fourth-order valence-corrected chi connectivity index (χ4v) is 1.63. The Morgan fingerprint density at radius 2 is 2.21 bits per heavy atom. The lowest BCUT2D eigenvalue weighted by atomic mass is 10.3. The van der Waals surface area contributed by atoms with E-state index >= 15 is 0 Å². The van der Waals surface area contributed by atoms with Gasteiger partial charge in [-0.1, -0.05) is 0 Å². The van der Waals surface area contributed by atoms with Gasteiger partial charge >= 0.3 is 5.97 Å². The summed E-state index contributed by atoms with van der Waals surface area (Å²) < 4.78 is 35.9. The molecular weight excluding hydrogens is 256 g/mol. The zero-order valence-electron chi connectivity index (χ0n) is 10.5. The average Bonchev–Trinajstić information content (AvgIpc) is 3.19. The summed E-state index contributed by atoms with van der Waals surface area (Å²) in [6.45, 7) is -0.0638. The first-order valence-electron chi connectivity index (χ1n) is 6.02. The summed E-state index contributed by atoms with van der Waals surface area (Å²) in [5.41, 5.74) is 0. The van der Waals surface area contributed by atoms with Gasteiger partial charge in [-0.3, -0.25) is 10.1 Å². The minimum atomic E-state index is -0.796. The van der Waals surface area contributed by atoms with E-state index in [1.54, 1.807) is 0 Å². The van der Waals surface area contributed by atoms with Crippen LogP contribution < -0.4 is 10.1 Å². The van der Waals surface area contributed by atoms with Gasteiger partial charge in [-0.2, -0.15) is 0 Å². The van der Waals surface area contributed by atoms with E-state index in [-0.39, 0.29) is 18.4 Å². The number of carbonyl (C=O) groups is 1. The van der Waals surface area contributed by atoms with E-state index in [2.05, 4.69) is 10.1 Å². The number of hydrogen-bond acceptors (Lipinski definition) is 4. The molecule has 19 heavy (non-hydrogen) atoms. The smallest absolute Gasteiger partial charge is 0.326 e. The Hall–Kier alpha value is -1.69. The van der Waals surface area contributed by atoms with Gasteiger partial charge < -0.3 is 9.47 Å². The van der Waals surface area contributed by atoms with Crippen molar-refractivity contribution >= 4 is 5.97 Å². The van der Waals surface area contributed by atoms with Crippen LogP contribution in [-0.4, -0.2) is 31.8 Å². The van der Waals surface area contributed by atoms with E-state index in [9.17, 15) is 13.6 Å². The van der Waals surface area contributed by atoms with Crippen molar-refractivity contribution in [1.82, 2.24) is 5.32 Å². The number of carbonyl (C=O) groups excluding carboxylic acids is 1. The van der Waals surface area contributed by atoms with Crippen molar-refractivity contribution in [2.75, 3.05) is 13.7 Å². The molecule has 2 rings (SSSR count). The largest absolute Gasteiger partial charge is 0.488 e. The molecule has 0 saturated heterocycles. The molecule has 1 aromatic carbocycles. The second-order valence-corrected chi connectivity index (χ2v) is 4.40. The van der Waals surface area contributed by atoms with Crippen molar-refractivity contribution in [3.63, 3.8) is 0 Å². The van der Waals surface area contributed by atoms with Crippen LogP contribution in [0, 0.1) is 11.6 Å². The average molecular weight is 271 g/mol. The number of halogens is 2. The normalized spacial score (nSPS) is 15.9. The SMILES string of the molecule is COC(=O)C(COc1ccc(F)cc1F)NC1CC1. The summed E-state index contributed by atoms with van der Waals surface area (Å²) >= 11 is 0. The molecule has 1 N–H and O–H groups in total. The summed E-state index contributed by atoms with van der Waals surface area (Å²) in [6.07, 6.45) is 2.00. The molecule has 1 fully saturated rings. The van der Waals surface area contributed by atoms with Crippen molar-refractivity contribution in [1.29, 1.82) is 0 Å². The van der Waals surface area contributed by atoms with Crippen LogP contribution in [0.15, 0.2) is 18.2 Å². The molecule has 0 spiro atoms. The van der Waals surface area contributed by atoms with Crippen molar-refractivity contribution in [3.05, 3.63) is 29.8 Å². The number of rotatable bonds is 6. The fraction of sp³-hybridized carbons (Fsp3) is 0.462. The van der Waals surface area contributed by atoms with E-state index in [1.165, 1.54) is 13.2 Å². The summed E-state index contributed by atoms with van der Waals surface area (Å²) in [5.74, 6) is -2.03. The molecule has 1 aliphatic carbocycles. The highest BCUT2D eigenvalue weighted by Gasteiger charge is 2.29. The third-order valence-corrected chi connectivity index (χ3v) is 2.80. The maximum absolute atomic E-state index is 13.4. The molecule has 1 aliphatic rings. The van der Waals surface area contributed by atoms with Gasteiger partial charge in [-0.25, -0.2) is 8.78 Å². The van der Waals surface area contributed by atoms with E-state index in [0.29, 0.717) is 0 Å². The second-order valence-electron chi connectivity index (χ2n) is 4.40. The molecule has 0 bridgehead atoms. The molecule has 0 aromatic heterocycles. The molecule has 1 atom stereocenters. The van der Waals surface area contributed by atoms with Gasteiger partial charge in [-0.05, 0) is 25.0 Å². The zero-order chi connectivity index (χ0) is 13.8. The molecule has 1 saturated carbocycles. The predicted octanol–water partition coefficient (Wildman–Crippen LogP) is 1.64. The van der Waals surface area contributed by atoms with Crippen molar-refractivity contribution in [3.8, 4) is 5.75 Å². The highest BCUT2D eigenvalue weighted by molar-refractivity contribution is 5.75. The standard InChI is InChI=1S/C13H15F2NO3/c1-18-13(17)11(16-9-3-4-9)7-19-12-5-2-8(14)6-10(12)15/h2,5-6,9,11,16H,3-4,7H2,1H3. The lowest BCUT2D eigenvalue weighted by Gasteiger charge is -2.17.